The first kappa shape index (κ1) is 10.6. The van der Waals surface area contributed by atoms with Crippen LogP contribution in [0.25, 0.3) is 0 Å². The van der Waals surface area contributed by atoms with Gasteiger partial charge in [0.15, 0.2) is 0 Å². The summed E-state index contributed by atoms with van der Waals surface area (Å²) >= 11 is 0. The molecule has 3 rings (SSSR count). The van der Waals surface area contributed by atoms with Crippen LogP contribution >= 0.6 is 0 Å². The summed E-state index contributed by atoms with van der Waals surface area (Å²) in [6.07, 6.45) is 2.78. The topological polar surface area (TPSA) is 55.6 Å². The van der Waals surface area contributed by atoms with E-state index in [-0.39, 0.29) is 11.7 Å². The monoisotopic (exact) mass is 232 g/mol. The molecule has 1 spiro atoms. The Bertz CT molecular complexity index is 437. The summed E-state index contributed by atoms with van der Waals surface area (Å²) in [5.41, 5.74) is 7.40. The highest BCUT2D eigenvalue weighted by atomic mass is 16.6. The molecule has 4 nitrogen and oxygen atoms in total. The minimum Gasteiger partial charge on any atom is -0.442 e. The number of anilines is 1. The van der Waals surface area contributed by atoms with Gasteiger partial charge in [0.05, 0.1) is 0 Å². The second-order valence-corrected chi connectivity index (χ2v) is 4.82. The van der Waals surface area contributed by atoms with E-state index in [1.54, 1.807) is 4.90 Å². The van der Waals surface area contributed by atoms with Gasteiger partial charge in [0, 0.05) is 25.2 Å². The van der Waals surface area contributed by atoms with Crippen molar-refractivity contribution < 1.29 is 9.53 Å². The summed E-state index contributed by atoms with van der Waals surface area (Å²) in [5, 5.41) is 0. The Morgan fingerprint density at radius 1 is 1.24 bits per heavy atom. The number of carbonyl (C=O) groups excluding carboxylic acids is 1. The quantitative estimate of drug-likeness (QED) is 0.848. The number of benzene rings is 1. The first-order valence-electron chi connectivity index (χ1n) is 6.02. The molecule has 2 aliphatic rings. The first-order valence-corrected chi connectivity index (χ1v) is 6.02. The maximum Gasteiger partial charge on any atom is 0.414 e. The van der Waals surface area contributed by atoms with E-state index >= 15 is 0 Å². The van der Waals surface area contributed by atoms with Crippen LogP contribution in [0.2, 0.25) is 0 Å². The van der Waals surface area contributed by atoms with Crippen molar-refractivity contribution >= 4 is 11.8 Å². The Morgan fingerprint density at radius 2 is 1.94 bits per heavy atom. The molecule has 1 aliphatic carbocycles. The molecule has 17 heavy (non-hydrogen) atoms. The molecule has 4 heteroatoms. The molecule has 0 aromatic heterocycles. The Balaban J connectivity index is 1.77. The minimum absolute atomic E-state index is 0.106. The van der Waals surface area contributed by atoms with Gasteiger partial charge >= 0.3 is 6.09 Å². The van der Waals surface area contributed by atoms with Crippen LogP contribution < -0.4 is 10.6 Å². The molecular weight excluding hydrogens is 216 g/mol. The van der Waals surface area contributed by atoms with Gasteiger partial charge in [0.2, 0.25) is 0 Å². The molecular formula is C13H16N2O2. The minimum atomic E-state index is -0.214. The SMILES string of the molecule is NCc1ccc(N2CCC3(CC3)OC2=O)cc1. The summed E-state index contributed by atoms with van der Waals surface area (Å²) in [4.78, 5) is 13.6. The fourth-order valence-electron chi connectivity index (χ4n) is 2.24. The molecule has 0 radical (unpaired) electrons. The van der Waals surface area contributed by atoms with Crippen molar-refractivity contribution in [1.82, 2.24) is 0 Å². The van der Waals surface area contributed by atoms with Gasteiger partial charge in [-0.05, 0) is 30.5 Å². The van der Waals surface area contributed by atoms with Crippen molar-refractivity contribution in [2.75, 3.05) is 11.4 Å². The Kier molecular flexibility index (Phi) is 2.33. The van der Waals surface area contributed by atoms with E-state index in [4.69, 9.17) is 10.5 Å². The van der Waals surface area contributed by atoms with Crippen molar-refractivity contribution in [3.05, 3.63) is 29.8 Å². The fraction of sp³-hybridized carbons (Fsp3) is 0.462. The molecule has 1 saturated carbocycles. The van der Waals surface area contributed by atoms with E-state index in [1.165, 1.54) is 0 Å². The summed E-state index contributed by atoms with van der Waals surface area (Å²) < 4.78 is 5.47. The standard InChI is InChI=1S/C13H16N2O2/c14-9-10-1-3-11(4-2-10)15-8-7-13(5-6-13)17-12(15)16/h1-4H,5-9,14H2. The maximum absolute atomic E-state index is 11.9. The van der Waals surface area contributed by atoms with Crippen molar-refractivity contribution in [3.63, 3.8) is 0 Å². The van der Waals surface area contributed by atoms with Crippen molar-refractivity contribution in [2.45, 2.75) is 31.4 Å². The Labute approximate surface area is 100 Å². The van der Waals surface area contributed by atoms with Crippen LogP contribution in [-0.2, 0) is 11.3 Å². The van der Waals surface area contributed by atoms with E-state index < -0.39 is 0 Å². The summed E-state index contributed by atoms with van der Waals surface area (Å²) in [6.45, 7) is 1.27. The number of hydrogen-bond donors (Lipinski definition) is 1. The van der Waals surface area contributed by atoms with Gasteiger partial charge in [-0.1, -0.05) is 12.1 Å². The number of nitrogens with two attached hydrogens (primary N) is 1. The van der Waals surface area contributed by atoms with Crippen molar-refractivity contribution in [3.8, 4) is 0 Å². The molecule has 1 aliphatic heterocycles. The second kappa shape index (κ2) is 3.74. The zero-order valence-corrected chi connectivity index (χ0v) is 9.69. The maximum atomic E-state index is 11.9. The van der Waals surface area contributed by atoms with Crippen LogP contribution in [0.15, 0.2) is 24.3 Å². The highest BCUT2D eigenvalue weighted by Crippen LogP contribution is 2.45. The molecule has 1 amide bonds. The van der Waals surface area contributed by atoms with Crippen LogP contribution in [0.3, 0.4) is 0 Å². The Morgan fingerprint density at radius 3 is 2.47 bits per heavy atom. The number of hydrogen-bond acceptors (Lipinski definition) is 3. The molecule has 1 heterocycles. The molecule has 1 aromatic carbocycles. The average Bonchev–Trinajstić information content (AvgIpc) is 3.09. The van der Waals surface area contributed by atoms with Gasteiger partial charge in [-0.25, -0.2) is 4.79 Å². The largest absolute Gasteiger partial charge is 0.442 e. The third-order valence-corrected chi connectivity index (χ3v) is 3.61. The molecule has 0 unspecified atom stereocenters. The second-order valence-electron chi connectivity index (χ2n) is 4.82. The Hall–Kier alpha value is -1.55. The van der Waals surface area contributed by atoms with Gasteiger partial charge in [-0.15, -0.1) is 0 Å². The number of rotatable bonds is 2. The van der Waals surface area contributed by atoms with Crippen molar-refractivity contribution in [2.24, 2.45) is 5.73 Å². The lowest BCUT2D eigenvalue weighted by atomic mass is 10.1. The molecule has 0 bridgehead atoms. The van der Waals surface area contributed by atoms with Crippen LogP contribution in [0.5, 0.6) is 0 Å². The van der Waals surface area contributed by atoms with Crippen LogP contribution in [0, 0.1) is 0 Å². The van der Waals surface area contributed by atoms with E-state index in [1.807, 2.05) is 24.3 Å². The van der Waals surface area contributed by atoms with E-state index in [9.17, 15) is 4.79 Å². The van der Waals surface area contributed by atoms with Crippen LogP contribution in [0.1, 0.15) is 24.8 Å². The highest BCUT2D eigenvalue weighted by Gasteiger charge is 2.50. The summed E-state index contributed by atoms with van der Waals surface area (Å²) in [6, 6.07) is 7.75. The smallest absolute Gasteiger partial charge is 0.414 e. The summed E-state index contributed by atoms with van der Waals surface area (Å²) in [5.74, 6) is 0. The van der Waals surface area contributed by atoms with Crippen LogP contribution in [-0.4, -0.2) is 18.2 Å². The number of carbonyl (C=O) groups is 1. The number of amides is 1. The number of ether oxygens (including phenoxy) is 1. The fourth-order valence-corrected chi connectivity index (χ4v) is 2.24. The average molecular weight is 232 g/mol. The van der Waals surface area contributed by atoms with Gasteiger partial charge in [-0.3, -0.25) is 4.90 Å². The third kappa shape index (κ3) is 1.89. The first-order chi connectivity index (χ1) is 8.22. The lowest BCUT2D eigenvalue weighted by Gasteiger charge is -2.32. The lowest BCUT2D eigenvalue weighted by molar-refractivity contribution is 0.0683. The van der Waals surface area contributed by atoms with Crippen molar-refractivity contribution in [1.29, 1.82) is 0 Å². The molecule has 1 saturated heterocycles. The normalized spacial score (nSPS) is 21.5. The van der Waals surface area contributed by atoms with Gasteiger partial charge < -0.3 is 10.5 Å². The zero-order valence-electron chi connectivity index (χ0n) is 9.69. The predicted octanol–water partition coefficient (Wildman–Crippen LogP) is 2.02. The zero-order chi connectivity index (χ0) is 11.9. The number of nitrogens with zero attached hydrogens (tertiary/aromatic N) is 1. The molecule has 90 valence electrons. The van der Waals surface area contributed by atoms with Gasteiger partial charge in [0.1, 0.15) is 5.60 Å². The molecule has 2 fully saturated rings. The highest BCUT2D eigenvalue weighted by molar-refractivity contribution is 5.88. The van der Waals surface area contributed by atoms with E-state index in [0.29, 0.717) is 6.54 Å². The van der Waals surface area contributed by atoms with Crippen LogP contribution in [0.4, 0.5) is 10.5 Å². The van der Waals surface area contributed by atoms with E-state index in [0.717, 1.165) is 37.1 Å². The molecule has 0 atom stereocenters. The van der Waals surface area contributed by atoms with Gasteiger partial charge in [-0.2, -0.15) is 0 Å². The molecule has 2 N–H and O–H groups in total. The molecule has 1 aromatic rings. The lowest BCUT2D eigenvalue weighted by Crippen LogP contribution is -2.43. The van der Waals surface area contributed by atoms with Gasteiger partial charge in [0.25, 0.3) is 0 Å². The predicted molar refractivity (Wildman–Crippen MR) is 64.7 cm³/mol. The third-order valence-electron chi connectivity index (χ3n) is 3.61. The van der Waals surface area contributed by atoms with E-state index in [2.05, 4.69) is 0 Å². The summed E-state index contributed by atoms with van der Waals surface area (Å²) in [7, 11) is 0.